The van der Waals surface area contributed by atoms with Crippen LogP contribution in [0.4, 0.5) is 0 Å². The highest BCUT2D eigenvalue weighted by atomic mass is 79.9. The van der Waals surface area contributed by atoms with Crippen LogP contribution in [0, 0.1) is 0 Å². The van der Waals surface area contributed by atoms with Gasteiger partial charge in [0.25, 0.3) is 0 Å². The molecule has 0 spiro atoms. The summed E-state index contributed by atoms with van der Waals surface area (Å²) in [4.78, 5) is 0. The second kappa shape index (κ2) is 5.90. The van der Waals surface area contributed by atoms with Gasteiger partial charge in [0, 0.05) is 23.1 Å². The Labute approximate surface area is 103 Å². The van der Waals surface area contributed by atoms with Crippen molar-refractivity contribution in [2.45, 2.75) is 0 Å². The van der Waals surface area contributed by atoms with E-state index < -0.39 is 6.87 Å². The Bertz CT molecular complexity index is 349. The first-order chi connectivity index (χ1) is 7.06. The maximum Gasteiger partial charge on any atom is 0.411 e. The molecule has 0 aliphatic heterocycles. The first-order valence-corrected chi connectivity index (χ1v) is 7.98. The van der Waals surface area contributed by atoms with Gasteiger partial charge < -0.3 is 4.52 Å². The summed E-state index contributed by atoms with van der Waals surface area (Å²) in [5, 5.41) is 0.693. The molecule has 0 saturated heterocycles. The molecule has 0 N–H and O–H groups in total. The number of nitrogens with zero attached hydrogens (tertiary/aromatic N) is 1. The van der Waals surface area contributed by atoms with E-state index >= 15 is 0 Å². The van der Waals surface area contributed by atoms with Crippen LogP contribution in [0.15, 0.2) is 30.3 Å². The lowest BCUT2D eigenvalue weighted by Gasteiger charge is -2.21. The van der Waals surface area contributed by atoms with Crippen LogP contribution < -0.4 is 4.52 Å². The maximum absolute atomic E-state index is 11.9. The first kappa shape index (κ1) is 13.0. The summed E-state index contributed by atoms with van der Waals surface area (Å²) in [5.41, 5.74) is 0. The van der Waals surface area contributed by atoms with E-state index in [-0.39, 0.29) is 0 Å². The lowest BCUT2D eigenvalue weighted by Crippen LogP contribution is -2.17. The Morgan fingerprint density at radius 3 is 2.60 bits per heavy atom. The number of para-hydroxylation sites is 1. The van der Waals surface area contributed by atoms with Crippen LogP contribution in [-0.4, -0.2) is 23.6 Å². The minimum Gasteiger partial charge on any atom is -0.422 e. The molecule has 84 valence electrons. The van der Waals surface area contributed by atoms with Gasteiger partial charge in [-0.15, -0.1) is 0 Å². The highest BCUT2D eigenvalue weighted by Crippen LogP contribution is 2.54. The zero-order valence-electron chi connectivity index (χ0n) is 8.27. The van der Waals surface area contributed by atoms with Crippen molar-refractivity contribution in [1.82, 2.24) is 4.67 Å². The molecular weight excluding hydrogens is 300 g/mol. The van der Waals surface area contributed by atoms with Gasteiger partial charge in [0.1, 0.15) is 5.75 Å². The van der Waals surface area contributed by atoms with E-state index in [0.29, 0.717) is 17.6 Å². The molecule has 0 heterocycles. The van der Waals surface area contributed by atoms with Gasteiger partial charge in [-0.25, -0.2) is 9.24 Å². The summed E-state index contributed by atoms with van der Waals surface area (Å²) >= 11 is 9.09. The molecule has 0 amide bonds. The summed E-state index contributed by atoms with van der Waals surface area (Å²) < 4.78 is 18.7. The maximum atomic E-state index is 11.9. The summed E-state index contributed by atoms with van der Waals surface area (Å²) in [7, 11) is 1.66. The molecule has 0 aromatic heterocycles. The topological polar surface area (TPSA) is 29.5 Å². The summed E-state index contributed by atoms with van der Waals surface area (Å²) in [6.45, 7) is -2.68. The van der Waals surface area contributed by atoms with Gasteiger partial charge in [-0.2, -0.15) is 0 Å². The SMILES string of the molecule is CN(CCBr)P(=O)(Cl)Oc1ccccc1. The quantitative estimate of drug-likeness (QED) is 0.613. The summed E-state index contributed by atoms with van der Waals surface area (Å²) in [6, 6.07) is 8.90. The Balaban J connectivity index is 2.68. The van der Waals surface area contributed by atoms with Crippen molar-refractivity contribution < 1.29 is 9.09 Å². The smallest absolute Gasteiger partial charge is 0.411 e. The van der Waals surface area contributed by atoms with Gasteiger partial charge in [-0.05, 0) is 19.2 Å². The zero-order chi connectivity index (χ0) is 11.3. The third-order valence-electron chi connectivity index (χ3n) is 1.78. The van der Waals surface area contributed by atoms with Crippen LogP contribution in [0.5, 0.6) is 5.75 Å². The molecule has 0 aliphatic rings. The zero-order valence-corrected chi connectivity index (χ0v) is 11.5. The highest BCUT2D eigenvalue weighted by Gasteiger charge is 2.26. The van der Waals surface area contributed by atoms with Crippen molar-refractivity contribution in [3.8, 4) is 5.75 Å². The highest BCUT2D eigenvalue weighted by molar-refractivity contribution is 9.09. The molecule has 0 aliphatic carbocycles. The number of hydrogen-bond donors (Lipinski definition) is 0. The third kappa shape index (κ3) is 4.15. The summed E-state index contributed by atoms with van der Waals surface area (Å²) in [6.07, 6.45) is 0. The predicted molar refractivity (Wildman–Crippen MR) is 67.0 cm³/mol. The van der Waals surface area contributed by atoms with Gasteiger partial charge >= 0.3 is 6.87 Å². The number of benzene rings is 1. The van der Waals surface area contributed by atoms with Gasteiger partial charge in [0.2, 0.25) is 0 Å². The van der Waals surface area contributed by atoms with E-state index in [1.54, 1.807) is 31.3 Å². The van der Waals surface area contributed by atoms with Crippen molar-refractivity contribution in [3.05, 3.63) is 30.3 Å². The molecule has 15 heavy (non-hydrogen) atoms. The molecule has 3 nitrogen and oxygen atoms in total. The molecular formula is C9H12BrClNO2P. The fraction of sp³-hybridized carbons (Fsp3) is 0.333. The van der Waals surface area contributed by atoms with Gasteiger partial charge in [0.05, 0.1) is 0 Å². The third-order valence-corrected chi connectivity index (χ3v) is 4.56. The second-order valence-electron chi connectivity index (χ2n) is 2.93. The lowest BCUT2D eigenvalue weighted by molar-refractivity contribution is 0.416. The number of rotatable bonds is 5. The van der Waals surface area contributed by atoms with Gasteiger partial charge in [0.15, 0.2) is 0 Å². The van der Waals surface area contributed by atoms with E-state index in [0.717, 1.165) is 0 Å². The number of hydrogen-bond acceptors (Lipinski definition) is 2. The standard InChI is InChI=1S/C9H12BrClNO2P/c1-12(8-7-10)15(11,13)14-9-5-3-2-4-6-9/h2-6H,7-8H2,1H3. The number of halogens is 2. The fourth-order valence-electron chi connectivity index (χ4n) is 0.923. The molecule has 1 atom stereocenters. The van der Waals surface area contributed by atoms with E-state index in [2.05, 4.69) is 15.9 Å². The Morgan fingerprint density at radius 1 is 1.47 bits per heavy atom. The molecule has 0 bridgehead atoms. The molecule has 0 saturated carbocycles. The van der Waals surface area contributed by atoms with E-state index in [1.165, 1.54) is 4.67 Å². The normalized spacial score (nSPS) is 14.9. The molecule has 6 heteroatoms. The van der Waals surface area contributed by atoms with Crippen molar-refractivity contribution in [3.63, 3.8) is 0 Å². The van der Waals surface area contributed by atoms with Crippen molar-refractivity contribution in [1.29, 1.82) is 0 Å². The Hall–Kier alpha value is -0.0200. The van der Waals surface area contributed by atoms with Crippen LogP contribution in [0.1, 0.15) is 0 Å². The van der Waals surface area contributed by atoms with E-state index in [1.807, 2.05) is 6.07 Å². The molecule has 1 rings (SSSR count). The summed E-state index contributed by atoms with van der Waals surface area (Å²) in [5.74, 6) is 0.511. The Morgan fingerprint density at radius 2 is 2.07 bits per heavy atom. The minimum atomic E-state index is -3.25. The Kier molecular flexibility index (Phi) is 5.13. The molecule has 0 fully saturated rings. The van der Waals surface area contributed by atoms with Crippen LogP contribution in [0.25, 0.3) is 0 Å². The predicted octanol–water partition coefficient (Wildman–Crippen LogP) is 3.74. The van der Waals surface area contributed by atoms with Crippen LogP contribution >= 0.6 is 34.0 Å². The van der Waals surface area contributed by atoms with E-state index in [9.17, 15) is 4.57 Å². The molecule has 1 unspecified atom stereocenters. The van der Waals surface area contributed by atoms with Crippen molar-refractivity contribution in [2.24, 2.45) is 0 Å². The molecule has 1 aromatic carbocycles. The average Bonchev–Trinajstić information content (AvgIpc) is 2.19. The second-order valence-corrected chi connectivity index (χ2v) is 6.77. The lowest BCUT2D eigenvalue weighted by atomic mass is 10.3. The van der Waals surface area contributed by atoms with Gasteiger partial charge in [-0.1, -0.05) is 34.1 Å². The monoisotopic (exact) mass is 311 g/mol. The van der Waals surface area contributed by atoms with Crippen molar-refractivity contribution >= 4 is 34.0 Å². The average molecular weight is 313 g/mol. The minimum absolute atomic E-state index is 0.511. The van der Waals surface area contributed by atoms with Crippen molar-refractivity contribution in [2.75, 3.05) is 18.9 Å². The van der Waals surface area contributed by atoms with Crippen LogP contribution in [0.2, 0.25) is 0 Å². The van der Waals surface area contributed by atoms with Crippen LogP contribution in [-0.2, 0) is 4.57 Å². The first-order valence-electron chi connectivity index (χ1n) is 4.38. The van der Waals surface area contributed by atoms with E-state index in [4.69, 9.17) is 15.8 Å². The molecule has 0 radical (unpaired) electrons. The fourth-order valence-corrected chi connectivity index (χ4v) is 3.05. The molecule has 1 aromatic rings. The number of alkyl halides is 1. The van der Waals surface area contributed by atoms with Crippen LogP contribution in [0.3, 0.4) is 0 Å². The largest absolute Gasteiger partial charge is 0.422 e. The van der Waals surface area contributed by atoms with Gasteiger partial charge in [-0.3, -0.25) is 0 Å².